The molecule has 0 saturated carbocycles. The quantitative estimate of drug-likeness (QED) is 0.592. The van der Waals surface area contributed by atoms with Crippen LogP contribution in [0.15, 0.2) is 40.6 Å². The number of hydrogen-bond acceptors (Lipinski definition) is 4. The Morgan fingerprint density at radius 1 is 1.33 bits per heavy atom. The fourth-order valence-corrected chi connectivity index (χ4v) is 1.61. The minimum Gasteiger partial charge on any atom is -0.436 e. The number of ether oxygens (including phenoxy) is 1. The first-order valence-corrected chi connectivity index (χ1v) is 6.04. The third-order valence-electron chi connectivity index (χ3n) is 2.26. The molecule has 0 aliphatic carbocycles. The van der Waals surface area contributed by atoms with E-state index in [0.717, 1.165) is 6.42 Å². The highest BCUT2D eigenvalue weighted by atomic mass is 16.6. The molecule has 98 valence electrons. The van der Waals surface area contributed by atoms with E-state index < -0.39 is 5.72 Å². The van der Waals surface area contributed by atoms with Crippen molar-refractivity contribution in [1.29, 1.82) is 0 Å². The van der Waals surface area contributed by atoms with Gasteiger partial charge in [0.05, 0.1) is 6.04 Å². The van der Waals surface area contributed by atoms with Crippen LogP contribution in [0.3, 0.4) is 0 Å². The van der Waals surface area contributed by atoms with Crippen LogP contribution in [0, 0.1) is 0 Å². The fraction of sp³-hybridized carbons (Fsp3) is 0.500. The van der Waals surface area contributed by atoms with Crippen molar-refractivity contribution >= 4 is 5.97 Å². The number of carbonyl (C=O) groups excluding carboxylic acids is 1. The van der Waals surface area contributed by atoms with Crippen molar-refractivity contribution in [2.45, 2.75) is 45.9 Å². The van der Waals surface area contributed by atoms with Crippen LogP contribution in [0.1, 0.15) is 33.3 Å². The second kappa shape index (κ2) is 6.28. The molecule has 0 amide bonds. The van der Waals surface area contributed by atoms with Crippen LogP contribution in [-0.4, -0.2) is 17.7 Å². The molecule has 0 unspecified atom stereocenters. The monoisotopic (exact) mass is 248 g/mol. The number of esters is 1. The molecular weight excluding hydrogens is 228 g/mol. The van der Waals surface area contributed by atoms with E-state index >= 15 is 0 Å². The maximum absolute atomic E-state index is 10.9. The summed E-state index contributed by atoms with van der Waals surface area (Å²) in [5.74, 6) is -0.352. The van der Waals surface area contributed by atoms with E-state index in [4.69, 9.17) is 4.74 Å². The zero-order valence-electron chi connectivity index (χ0n) is 11.4. The minimum absolute atomic E-state index is 0.0576. The van der Waals surface area contributed by atoms with Gasteiger partial charge in [-0.3, -0.25) is 4.79 Å². The summed E-state index contributed by atoms with van der Waals surface area (Å²) in [5, 5.41) is 8.27. The van der Waals surface area contributed by atoms with Gasteiger partial charge < -0.3 is 4.74 Å². The van der Waals surface area contributed by atoms with Crippen LogP contribution in [0.4, 0.5) is 0 Å². The van der Waals surface area contributed by atoms with E-state index in [2.05, 4.69) is 22.4 Å². The predicted octanol–water partition coefficient (Wildman–Crippen LogP) is 3.37. The molecule has 18 heavy (non-hydrogen) atoms. The van der Waals surface area contributed by atoms with Crippen molar-refractivity contribution in [2.75, 3.05) is 0 Å². The van der Waals surface area contributed by atoms with Gasteiger partial charge in [-0.05, 0) is 32.8 Å². The lowest BCUT2D eigenvalue weighted by molar-refractivity contribution is -0.153. The fourth-order valence-electron chi connectivity index (χ4n) is 1.61. The molecule has 0 fully saturated rings. The first-order chi connectivity index (χ1) is 8.39. The van der Waals surface area contributed by atoms with Gasteiger partial charge in [-0.1, -0.05) is 30.3 Å². The van der Waals surface area contributed by atoms with Crippen molar-refractivity contribution in [2.24, 2.45) is 10.2 Å². The van der Waals surface area contributed by atoms with Crippen molar-refractivity contribution in [3.8, 4) is 0 Å². The summed E-state index contributed by atoms with van der Waals surface area (Å²) in [6.45, 7) is 6.78. The Balaban J connectivity index is 2.54. The van der Waals surface area contributed by atoms with E-state index in [9.17, 15) is 4.79 Å². The summed E-state index contributed by atoms with van der Waals surface area (Å²) in [7, 11) is 0. The molecule has 0 aliphatic rings. The summed E-state index contributed by atoms with van der Waals surface area (Å²) in [6.07, 6.45) is 0.820. The maximum Gasteiger partial charge on any atom is 0.304 e. The SMILES string of the molecule is CC(=O)OC(C)(C)N=N[C@H](C)Cc1ccccc1. The van der Waals surface area contributed by atoms with Crippen LogP contribution < -0.4 is 0 Å². The molecule has 1 rings (SSSR count). The van der Waals surface area contributed by atoms with Crippen molar-refractivity contribution in [1.82, 2.24) is 0 Å². The van der Waals surface area contributed by atoms with Gasteiger partial charge in [0.15, 0.2) is 0 Å². The summed E-state index contributed by atoms with van der Waals surface area (Å²) < 4.78 is 5.04. The normalized spacial score (nSPS) is 13.6. The van der Waals surface area contributed by atoms with Crippen LogP contribution in [0.2, 0.25) is 0 Å². The van der Waals surface area contributed by atoms with Gasteiger partial charge in [-0.2, -0.15) is 5.11 Å². The van der Waals surface area contributed by atoms with E-state index in [0.29, 0.717) is 0 Å². The Morgan fingerprint density at radius 3 is 2.50 bits per heavy atom. The zero-order chi connectivity index (χ0) is 13.6. The second-order valence-corrected chi connectivity index (χ2v) is 4.79. The number of azo groups is 1. The first-order valence-electron chi connectivity index (χ1n) is 6.04. The third kappa shape index (κ3) is 5.57. The van der Waals surface area contributed by atoms with Gasteiger partial charge in [-0.15, -0.1) is 5.11 Å². The lowest BCUT2D eigenvalue weighted by Gasteiger charge is -2.18. The standard InChI is InChI=1S/C14H20N2O2/c1-11(10-13-8-6-5-7-9-13)15-16-14(3,4)18-12(2)17/h5-9,11H,10H2,1-4H3/t11-/m1/s1. The molecule has 1 aromatic carbocycles. The van der Waals surface area contributed by atoms with Crippen LogP contribution in [0.5, 0.6) is 0 Å². The molecule has 0 bridgehead atoms. The summed E-state index contributed by atoms with van der Waals surface area (Å²) in [4.78, 5) is 10.9. The lowest BCUT2D eigenvalue weighted by atomic mass is 10.1. The molecule has 0 aromatic heterocycles. The van der Waals surface area contributed by atoms with Crippen LogP contribution in [0.25, 0.3) is 0 Å². The number of nitrogens with zero attached hydrogens (tertiary/aromatic N) is 2. The molecule has 0 aliphatic heterocycles. The molecule has 0 heterocycles. The molecule has 0 N–H and O–H groups in total. The Morgan fingerprint density at radius 2 is 1.94 bits per heavy atom. The van der Waals surface area contributed by atoms with Crippen molar-refractivity contribution < 1.29 is 9.53 Å². The largest absolute Gasteiger partial charge is 0.436 e. The van der Waals surface area contributed by atoms with Gasteiger partial charge in [0.2, 0.25) is 5.72 Å². The second-order valence-electron chi connectivity index (χ2n) is 4.79. The number of rotatable bonds is 5. The maximum atomic E-state index is 10.9. The van der Waals surface area contributed by atoms with Gasteiger partial charge >= 0.3 is 5.97 Å². The van der Waals surface area contributed by atoms with E-state index in [-0.39, 0.29) is 12.0 Å². The van der Waals surface area contributed by atoms with Gasteiger partial charge in [0, 0.05) is 6.92 Å². The Labute approximate surface area is 108 Å². The van der Waals surface area contributed by atoms with Crippen molar-refractivity contribution in [3.63, 3.8) is 0 Å². The highest BCUT2D eigenvalue weighted by Gasteiger charge is 2.20. The van der Waals surface area contributed by atoms with Gasteiger partial charge in [0.1, 0.15) is 0 Å². The predicted molar refractivity (Wildman–Crippen MR) is 70.3 cm³/mol. The molecule has 4 nitrogen and oxygen atoms in total. The Bertz CT molecular complexity index is 413. The molecule has 0 spiro atoms. The summed E-state index contributed by atoms with van der Waals surface area (Å²) >= 11 is 0. The lowest BCUT2D eigenvalue weighted by Crippen LogP contribution is -2.24. The van der Waals surface area contributed by atoms with Gasteiger partial charge in [0.25, 0.3) is 0 Å². The smallest absolute Gasteiger partial charge is 0.304 e. The molecule has 4 heteroatoms. The minimum atomic E-state index is -0.892. The molecule has 0 radical (unpaired) electrons. The van der Waals surface area contributed by atoms with Crippen LogP contribution >= 0.6 is 0 Å². The molecule has 0 saturated heterocycles. The Kier molecular flexibility index (Phi) is 5.01. The number of hydrogen-bond donors (Lipinski definition) is 0. The zero-order valence-corrected chi connectivity index (χ0v) is 11.4. The van der Waals surface area contributed by atoms with Crippen LogP contribution in [-0.2, 0) is 16.0 Å². The summed E-state index contributed by atoms with van der Waals surface area (Å²) in [6, 6.07) is 10.2. The average Bonchev–Trinajstić information content (AvgIpc) is 2.26. The topological polar surface area (TPSA) is 51.0 Å². The third-order valence-corrected chi connectivity index (χ3v) is 2.26. The van der Waals surface area contributed by atoms with Crippen molar-refractivity contribution in [3.05, 3.63) is 35.9 Å². The molecular formula is C14H20N2O2. The Hall–Kier alpha value is -1.71. The van der Waals surface area contributed by atoms with E-state index in [1.54, 1.807) is 13.8 Å². The highest BCUT2D eigenvalue weighted by molar-refractivity contribution is 5.66. The number of benzene rings is 1. The molecule has 1 aromatic rings. The van der Waals surface area contributed by atoms with E-state index in [1.165, 1.54) is 12.5 Å². The highest BCUT2D eigenvalue weighted by Crippen LogP contribution is 2.14. The molecule has 1 atom stereocenters. The van der Waals surface area contributed by atoms with Gasteiger partial charge in [-0.25, -0.2) is 0 Å². The summed E-state index contributed by atoms with van der Waals surface area (Å²) in [5.41, 5.74) is 0.325. The van der Waals surface area contributed by atoms with E-state index in [1.807, 2.05) is 25.1 Å². The average molecular weight is 248 g/mol. The first kappa shape index (κ1) is 14.4. The number of carbonyl (C=O) groups is 1.